The molecule has 0 aliphatic heterocycles. The molecule has 0 saturated carbocycles. The second kappa shape index (κ2) is 6.05. The first-order valence-electron chi connectivity index (χ1n) is 6.84. The fourth-order valence-electron chi connectivity index (χ4n) is 2.35. The van der Waals surface area contributed by atoms with Crippen molar-refractivity contribution in [3.8, 4) is 0 Å². The van der Waals surface area contributed by atoms with Gasteiger partial charge < -0.3 is 5.32 Å². The molecule has 2 rings (SSSR count). The van der Waals surface area contributed by atoms with Gasteiger partial charge in [-0.1, -0.05) is 24.3 Å². The van der Waals surface area contributed by atoms with E-state index in [0.717, 1.165) is 18.4 Å². The maximum Gasteiger partial charge on any atom is 0.321 e. The topological polar surface area (TPSA) is 61.4 Å². The lowest BCUT2D eigenvalue weighted by Crippen LogP contribution is -2.48. The Balaban J connectivity index is 1.92. The number of carbonyl (C=O) groups excluding carboxylic acids is 2. The van der Waals surface area contributed by atoms with Crippen LogP contribution in [-0.2, 0) is 11.2 Å². The summed E-state index contributed by atoms with van der Waals surface area (Å²) in [5.74, 6) is -0.293. The van der Waals surface area contributed by atoms with Crippen molar-refractivity contribution in [1.82, 2.24) is 15.5 Å². The van der Waals surface area contributed by atoms with E-state index in [1.54, 1.807) is 25.9 Å². The molecule has 1 aliphatic carbocycles. The molecule has 1 aliphatic rings. The van der Waals surface area contributed by atoms with E-state index in [-0.39, 0.29) is 18.0 Å². The Labute approximate surface area is 119 Å². The minimum atomic E-state index is -0.426. The predicted octanol–water partition coefficient (Wildman–Crippen LogP) is 1.45. The number of hydrogen-bond donors (Lipinski definition) is 2. The second-order valence-electron chi connectivity index (χ2n) is 5.39. The molecule has 2 N–H and O–H groups in total. The fourth-order valence-corrected chi connectivity index (χ4v) is 2.35. The van der Waals surface area contributed by atoms with Gasteiger partial charge in [0.2, 0.25) is 5.91 Å². The molecule has 0 saturated heterocycles. The van der Waals surface area contributed by atoms with Crippen molar-refractivity contribution >= 4 is 11.9 Å². The van der Waals surface area contributed by atoms with Crippen LogP contribution in [0.4, 0.5) is 4.79 Å². The van der Waals surface area contributed by atoms with Crippen molar-refractivity contribution in [2.24, 2.45) is 0 Å². The van der Waals surface area contributed by atoms with Gasteiger partial charge in [-0.15, -0.1) is 0 Å². The average Bonchev–Trinajstić information content (AvgIpc) is 2.81. The van der Waals surface area contributed by atoms with Gasteiger partial charge in [0.25, 0.3) is 0 Å². The monoisotopic (exact) mass is 275 g/mol. The van der Waals surface area contributed by atoms with E-state index in [0.29, 0.717) is 0 Å². The lowest BCUT2D eigenvalue weighted by molar-refractivity contribution is -0.123. The molecular weight excluding hydrogens is 254 g/mol. The first-order valence-corrected chi connectivity index (χ1v) is 6.84. The van der Waals surface area contributed by atoms with Crippen molar-refractivity contribution in [2.45, 2.75) is 31.8 Å². The lowest BCUT2D eigenvalue weighted by Gasteiger charge is -2.20. The molecule has 0 bridgehead atoms. The summed E-state index contributed by atoms with van der Waals surface area (Å²) in [4.78, 5) is 25.4. The highest BCUT2D eigenvalue weighted by atomic mass is 16.2. The number of carbonyl (C=O) groups is 2. The molecular formula is C15H21N3O2. The third kappa shape index (κ3) is 3.17. The SMILES string of the molecule is CC(C(=O)NC(=O)NC1CCc2ccccc21)N(C)C. The first kappa shape index (κ1) is 14.5. The molecule has 5 nitrogen and oxygen atoms in total. The highest BCUT2D eigenvalue weighted by Gasteiger charge is 2.25. The van der Waals surface area contributed by atoms with Crippen molar-refractivity contribution < 1.29 is 9.59 Å². The third-order valence-corrected chi connectivity index (χ3v) is 3.83. The Morgan fingerprint density at radius 3 is 2.70 bits per heavy atom. The van der Waals surface area contributed by atoms with E-state index in [9.17, 15) is 9.59 Å². The molecule has 2 unspecified atom stereocenters. The Bertz CT molecular complexity index is 514. The van der Waals surface area contributed by atoms with Crippen molar-refractivity contribution in [2.75, 3.05) is 14.1 Å². The predicted molar refractivity (Wildman–Crippen MR) is 77.3 cm³/mol. The molecule has 1 aromatic carbocycles. The number of benzene rings is 1. The van der Waals surface area contributed by atoms with Gasteiger partial charge in [-0.2, -0.15) is 0 Å². The molecule has 108 valence electrons. The molecule has 2 atom stereocenters. The minimum Gasteiger partial charge on any atom is -0.331 e. The summed E-state index contributed by atoms with van der Waals surface area (Å²) < 4.78 is 0. The molecule has 1 aromatic rings. The van der Waals surface area contributed by atoms with Crippen LogP contribution in [0.1, 0.15) is 30.5 Å². The molecule has 0 heterocycles. The van der Waals surface area contributed by atoms with Gasteiger partial charge in [-0.3, -0.25) is 15.0 Å². The Hall–Kier alpha value is -1.88. The van der Waals surface area contributed by atoms with Gasteiger partial charge in [0, 0.05) is 0 Å². The van der Waals surface area contributed by atoms with Gasteiger partial charge in [0.15, 0.2) is 0 Å². The number of amides is 3. The van der Waals surface area contributed by atoms with E-state index < -0.39 is 6.03 Å². The van der Waals surface area contributed by atoms with Crippen LogP contribution in [0.15, 0.2) is 24.3 Å². The van der Waals surface area contributed by atoms with Gasteiger partial charge in [0.1, 0.15) is 0 Å². The van der Waals surface area contributed by atoms with Gasteiger partial charge in [-0.25, -0.2) is 4.79 Å². The van der Waals surface area contributed by atoms with Crippen LogP contribution < -0.4 is 10.6 Å². The normalized spacial score (nSPS) is 18.5. The summed E-state index contributed by atoms with van der Waals surface area (Å²) in [5.41, 5.74) is 2.42. The maximum absolute atomic E-state index is 11.9. The number of hydrogen-bond acceptors (Lipinski definition) is 3. The zero-order chi connectivity index (χ0) is 14.7. The van der Waals surface area contributed by atoms with E-state index in [4.69, 9.17) is 0 Å². The number of nitrogens with one attached hydrogen (secondary N) is 2. The molecule has 0 spiro atoms. The van der Waals surface area contributed by atoms with E-state index >= 15 is 0 Å². The zero-order valence-corrected chi connectivity index (χ0v) is 12.1. The van der Waals surface area contributed by atoms with E-state index in [2.05, 4.69) is 16.7 Å². The minimum absolute atomic E-state index is 0.00587. The Morgan fingerprint density at radius 1 is 1.30 bits per heavy atom. The number of nitrogens with zero attached hydrogens (tertiary/aromatic N) is 1. The molecule has 0 fully saturated rings. The van der Waals surface area contributed by atoms with Crippen molar-refractivity contribution in [3.63, 3.8) is 0 Å². The van der Waals surface area contributed by atoms with Crippen LogP contribution in [0, 0.1) is 0 Å². The van der Waals surface area contributed by atoms with Crippen LogP contribution in [0.25, 0.3) is 0 Å². The zero-order valence-electron chi connectivity index (χ0n) is 12.1. The quantitative estimate of drug-likeness (QED) is 0.877. The first-order chi connectivity index (χ1) is 9.49. The second-order valence-corrected chi connectivity index (χ2v) is 5.39. The summed E-state index contributed by atoms with van der Waals surface area (Å²) in [5, 5.41) is 5.26. The van der Waals surface area contributed by atoms with E-state index in [1.807, 2.05) is 18.2 Å². The third-order valence-electron chi connectivity index (χ3n) is 3.83. The molecule has 0 aromatic heterocycles. The number of fused-ring (bicyclic) bond motifs is 1. The smallest absolute Gasteiger partial charge is 0.321 e. The standard InChI is InChI=1S/C15H21N3O2/c1-10(18(2)3)14(19)17-15(20)16-13-9-8-11-6-4-5-7-12(11)13/h4-7,10,13H,8-9H2,1-3H3,(H2,16,17,19,20). The Morgan fingerprint density at radius 2 is 2.00 bits per heavy atom. The largest absolute Gasteiger partial charge is 0.331 e. The molecule has 20 heavy (non-hydrogen) atoms. The van der Waals surface area contributed by atoms with Crippen LogP contribution >= 0.6 is 0 Å². The summed E-state index contributed by atoms with van der Waals surface area (Å²) >= 11 is 0. The van der Waals surface area contributed by atoms with Crippen molar-refractivity contribution in [1.29, 1.82) is 0 Å². The number of likely N-dealkylation sites (N-methyl/N-ethyl adjacent to an activating group) is 1. The molecule has 0 radical (unpaired) electrons. The van der Waals surface area contributed by atoms with Gasteiger partial charge >= 0.3 is 6.03 Å². The number of rotatable bonds is 3. The van der Waals surface area contributed by atoms with Gasteiger partial charge in [-0.05, 0) is 45.0 Å². The highest BCUT2D eigenvalue weighted by molar-refractivity contribution is 5.96. The number of urea groups is 1. The van der Waals surface area contributed by atoms with Gasteiger partial charge in [0.05, 0.1) is 12.1 Å². The number of aryl methyl sites for hydroxylation is 1. The highest BCUT2D eigenvalue weighted by Crippen LogP contribution is 2.30. The van der Waals surface area contributed by atoms with Crippen LogP contribution in [0.2, 0.25) is 0 Å². The van der Waals surface area contributed by atoms with Crippen LogP contribution in [-0.4, -0.2) is 37.0 Å². The van der Waals surface area contributed by atoms with Crippen LogP contribution in [0.5, 0.6) is 0 Å². The fraction of sp³-hybridized carbons (Fsp3) is 0.467. The van der Waals surface area contributed by atoms with Crippen LogP contribution in [0.3, 0.4) is 0 Å². The average molecular weight is 275 g/mol. The summed E-state index contributed by atoms with van der Waals surface area (Å²) in [7, 11) is 3.60. The summed E-state index contributed by atoms with van der Waals surface area (Å²) in [6.07, 6.45) is 1.84. The maximum atomic E-state index is 11.9. The molecule has 5 heteroatoms. The van der Waals surface area contributed by atoms with Crippen molar-refractivity contribution in [3.05, 3.63) is 35.4 Å². The van der Waals surface area contributed by atoms with E-state index in [1.165, 1.54) is 5.56 Å². The number of imide groups is 1. The Kier molecular flexibility index (Phi) is 4.39. The lowest BCUT2D eigenvalue weighted by atomic mass is 10.1. The summed E-state index contributed by atoms with van der Waals surface area (Å²) in [6.45, 7) is 1.76. The summed E-state index contributed by atoms with van der Waals surface area (Å²) in [6, 6.07) is 7.31. The molecule has 3 amide bonds.